The zero-order valence-corrected chi connectivity index (χ0v) is 22.6. The Bertz CT molecular complexity index is 1360. The molecule has 1 aliphatic heterocycles. The molecule has 38 heavy (non-hydrogen) atoms. The topological polar surface area (TPSA) is 118 Å². The fourth-order valence-electron chi connectivity index (χ4n) is 5.19. The predicted octanol–water partition coefficient (Wildman–Crippen LogP) is 4.37. The van der Waals surface area contributed by atoms with E-state index in [1.165, 1.54) is 11.2 Å². The predicted molar refractivity (Wildman–Crippen MR) is 146 cm³/mol. The number of carboxylic acids is 1. The van der Waals surface area contributed by atoms with E-state index in [1.54, 1.807) is 27.0 Å². The van der Waals surface area contributed by atoms with E-state index in [1.807, 2.05) is 38.1 Å². The van der Waals surface area contributed by atoms with Crippen LogP contribution < -0.4 is 21.3 Å². The average Bonchev–Trinajstić information content (AvgIpc) is 3.06. The third kappa shape index (κ3) is 5.16. The maximum absolute atomic E-state index is 14.5. The molecule has 8 nitrogen and oxygen atoms in total. The molecule has 0 saturated heterocycles. The molecule has 4 rings (SSSR count). The van der Waals surface area contributed by atoms with Crippen LogP contribution in [0.5, 0.6) is 5.75 Å². The standard InChI is InChI=1S/C29H36FN5O3/c1-17-6-7-19(14-20(17)15-35-12-13-38-24-10-11-33-27(30)22(24)16-35)25(29(3,4)28(36)37)21-8-9-23(34(5)32)26(31)18(21)2/h6-11,14,25H,12-13,15-16,31-32H2,1-5H3,(H,36,37). The fraction of sp³-hybridized carbons (Fsp3) is 0.379. The number of carbonyl (C=O) groups is 1. The summed E-state index contributed by atoms with van der Waals surface area (Å²) in [6, 6.07) is 11.5. The summed E-state index contributed by atoms with van der Waals surface area (Å²) in [5.74, 6) is 4.56. The number of fused-ring (bicyclic) bond motifs is 1. The van der Waals surface area contributed by atoms with Gasteiger partial charge in [-0.25, -0.2) is 10.8 Å². The number of pyridine rings is 1. The molecule has 1 aromatic heterocycles. The van der Waals surface area contributed by atoms with Gasteiger partial charge in [0.1, 0.15) is 12.4 Å². The van der Waals surface area contributed by atoms with Crippen molar-refractivity contribution in [3.8, 4) is 5.75 Å². The number of hydrazine groups is 1. The van der Waals surface area contributed by atoms with E-state index >= 15 is 0 Å². The van der Waals surface area contributed by atoms with Crippen LogP contribution in [-0.2, 0) is 17.9 Å². The molecule has 0 radical (unpaired) electrons. The average molecular weight is 522 g/mol. The first-order valence-electron chi connectivity index (χ1n) is 12.6. The number of carboxylic acid groups (broad SMARTS) is 1. The van der Waals surface area contributed by atoms with Crippen LogP contribution in [0.2, 0.25) is 0 Å². The van der Waals surface area contributed by atoms with Crippen molar-refractivity contribution in [2.45, 2.75) is 46.7 Å². The van der Waals surface area contributed by atoms with E-state index in [-0.39, 0.29) is 0 Å². The van der Waals surface area contributed by atoms with Crippen molar-refractivity contribution in [3.05, 3.63) is 81.9 Å². The molecule has 0 spiro atoms. The molecule has 202 valence electrons. The Balaban J connectivity index is 1.76. The number of aryl methyl sites for hydroxylation is 1. The van der Waals surface area contributed by atoms with Crippen molar-refractivity contribution < 1.29 is 19.0 Å². The van der Waals surface area contributed by atoms with Crippen molar-refractivity contribution in [2.75, 3.05) is 30.9 Å². The van der Waals surface area contributed by atoms with Gasteiger partial charge in [0.15, 0.2) is 0 Å². The normalized spacial score (nSPS) is 14.8. The second-order valence-corrected chi connectivity index (χ2v) is 10.6. The number of ether oxygens (including phenoxy) is 1. The molecule has 2 heterocycles. The van der Waals surface area contributed by atoms with Crippen LogP contribution in [0.4, 0.5) is 15.8 Å². The number of hydrogen-bond donors (Lipinski definition) is 3. The summed E-state index contributed by atoms with van der Waals surface area (Å²) in [6.07, 6.45) is 1.41. The van der Waals surface area contributed by atoms with Crippen LogP contribution in [0, 0.1) is 25.2 Å². The molecule has 0 fully saturated rings. The summed E-state index contributed by atoms with van der Waals surface area (Å²) in [5, 5.41) is 11.7. The van der Waals surface area contributed by atoms with Gasteiger partial charge >= 0.3 is 5.97 Å². The van der Waals surface area contributed by atoms with E-state index in [9.17, 15) is 14.3 Å². The number of rotatable bonds is 7. The van der Waals surface area contributed by atoms with E-state index in [4.69, 9.17) is 16.3 Å². The number of hydrogen-bond acceptors (Lipinski definition) is 7. The second kappa shape index (κ2) is 10.6. The van der Waals surface area contributed by atoms with Gasteiger partial charge in [-0.1, -0.05) is 24.3 Å². The Hall–Kier alpha value is -3.69. The number of aromatic nitrogens is 1. The van der Waals surface area contributed by atoms with Crippen molar-refractivity contribution in [2.24, 2.45) is 11.3 Å². The largest absolute Gasteiger partial charge is 0.492 e. The van der Waals surface area contributed by atoms with Crippen molar-refractivity contribution in [1.82, 2.24) is 9.88 Å². The lowest BCUT2D eigenvalue weighted by Crippen LogP contribution is -2.33. The number of nitrogens with two attached hydrogens (primary N) is 2. The Morgan fingerprint density at radius 3 is 2.68 bits per heavy atom. The maximum Gasteiger partial charge on any atom is 0.310 e. The van der Waals surface area contributed by atoms with Crippen LogP contribution in [0.15, 0.2) is 42.6 Å². The van der Waals surface area contributed by atoms with Gasteiger partial charge in [-0.05, 0) is 67.6 Å². The highest BCUT2D eigenvalue weighted by atomic mass is 19.1. The Labute approximate surface area is 223 Å². The highest BCUT2D eigenvalue weighted by molar-refractivity contribution is 5.78. The van der Waals surface area contributed by atoms with E-state index in [0.29, 0.717) is 48.9 Å². The van der Waals surface area contributed by atoms with Crippen LogP contribution in [0.3, 0.4) is 0 Å². The van der Waals surface area contributed by atoms with Gasteiger partial charge in [0.2, 0.25) is 5.95 Å². The zero-order valence-electron chi connectivity index (χ0n) is 22.6. The Kier molecular flexibility index (Phi) is 7.62. The van der Waals surface area contributed by atoms with Crippen molar-refractivity contribution in [1.29, 1.82) is 0 Å². The highest BCUT2D eigenvalue weighted by Crippen LogP contribution is 2.45. The molecular weight excluding hydrogens is 485 g/mol. The first-order valence-corrected chi connectivity index (χ1v) is 12.6. The highest BCUT2D eigenvalue weighted by Gasteiger charge is 2.40. The third-order valence-electron chi connectivity index (χ3n) is 7.61. The van der Waals surface area contributed by atoms with Crippen LogP contribution >= 0.6 is 0 Å². The van der Waals surface area contributed by atoms with Crippen molar-refractivity contribution >= 4 is 17.3 Å². The lowest BCUT2D eigenvalue weighted by Gasteiger charge is -2.34. The molecule has 0 aliphatic carbocycles. The summed E-state index contributed by atoms with van der Waals surface area (Å²) in [7, 11) is 1.71. The molecule has 0 bridgehead atoms. The fourth-order valence-corrected chi connectivity index (χ4v) is 5.19. The van der Waals surface area contributed by atoms with Gasteiger partial charge < -0.3 is 20.6 Å². The SMILES string of the molecule is Cc1ccc(C(c2ccc(N(C)N)c(N)c2C)C(C)(C)C(=O)O)cc1CN1CCOc2ccnc(F)c2C1. The van der Waals surface area contributed by atoms with Gasteiger partial charge in [-0.2, -0.15) is 4.39 Å². The monoisotopic (exact) mass is 521 g/mol. The lowest BCUT2D eigenvalue weighted by atomic mass is 9.69. The quantitative estimate of drug-likeness (QED) is 0.182. The summed E-state index contributed by atoms with van der Waals surface area (Å²) in [5.41, 5.74) is 11.5. The minimum atomic E-state index is -1.13. The van der Waals surface area contributed by atoms with Crippen LogP contribution in [-0.4, -0.2) is 41.2 Å². The summed E-state index contributed by atoms with van der Waals surface area (Å²) in [6.45, 7) is 9.36. The molecular formula is C29H36FN5O3. The van der Waals surface area contributed by atoms with Gasteiger partial charge in [-0.3, -0.25) is 9.69 Å². The molecule has 2 aromatic carbocycles. The summed E-state index contributed by atoms with van der Waals surface area (Å²) in [4.78, 5) is 18.4. The second-order valence-electron chi connectivity index (χ2n) is 10.6. The van der Waals surface area contributed by atoms with Gasteiger partial charge in [0.05, 0.1) is 22.4 Å². The summed E-state index contributed by atoms with van der Waals surface area (Å²) < 4.78 is 20.2. The Morgan fingerprint density at radius 1 is 1.26 bits per heavy atom. The molecule has 0 saturated carbocycles. The summed E-state index contributed by atoms with van der Waals surface area (Å²) >= 11 is 0. The molecule has 1 atom stereocenters. The molecule has 0 amide bonds. The lowest BCUT2D eigenvalue weighted by molar-refractivity contribution is -0.147. The van der Waals surface area contributed by atoms with Crippen LogP contribution in [0.25, 0.3) is 0 Å². The van der Waals surface area contributed by atoms with E-state index in [2.05, 4.69) is 16.0 Å². The number of nitrogen functional groups attached to an aromatic ring is 1. The number of nitrogens with zero attached hydrogens (tertiary/aromatic N) is 3. The molecule has 5 N–H and O–H groups in total. The van der Waals surface area contributed by atoms with Gasteiger partial charge in [0, 0.05) is 38.8 Å². The molecule has 9 heteroatoms. The number of aliphatic carboxylic acids is 1. The first kappa shape index (κ1) is 27.3. The minimum absolute atomic E-state index is 0.367. The van der Waals surface area contributed by atoms with Crippen LogP contribution in [0.1, 0.15) is 53.1 Å². The number of halogens is 1. The Morgan fingerprint density at radius 2 is 2.00 bits per heavy atom. The first-order chi connectivity index (χ1) is 17.9. The van der Waals surface area contributed by atoms with E-state index < -0.39 is 23.2 Å². The smallest absolute Gasteiger partial charge is 0.310 e. The minimum Gasteiger partial charge on any atom is -0.492 e. The zero-order chi connectivity index (χ0) is 27.8. The van der Waals surface area contributed by atoms with E-state index in [0.717, 1.165) is 27.8 Å². The number of anilines is 2. The van der Waals surface area contributed by atoms with Gasteiger partial charge in [-0.15, -0.1) is 0 Å². The number of benzene rings is 2. The molecule has 1 aliphatic rings. The molecule has 1 unspecified atom stereocenters. The molecule has 3 aromatic rings. The van der Waals surface area contributed by atoms with Gasteiger partial charge in [0.25, 0.3) is 0 Å². The van der Waals surface area contributed by atoms with Crippen molar-refractivity contribution in [3.63, 3.8) is 0 Å². The third-order valence-corrected chi connectivity index (χ3v) is 7.61. The maximum atomic E-state index is 14.5.